The van der Waals surface area contributed by atoms with Crippen molar-refractivity contribution >= 4 is 12.0 Å². The average molecular weight is 250 g/mol. The summed E-state index contributed by atoms with van der Waals surface area (Å²) in [6.07, 6.45) is 2.70. The lowest BCUT2D eigenvalue weighted by molar-refractivity contribution is 0.0979. The molecule has 6 nitrogen and oxygen atoms in total. The van der Waals surface area contributed by atoms with Gasteiger partial charge in [0.15, 0.2) is 0 Å². The van der Waals surface area contributed by atoms with Gasteiger partial charge in [-0.05, 0) is 26.3 Å². The van der Waals surface area contributed by atoms with Gasteiger partial charge in [-0.15, -0.1) is 0 Å². The highest BCUT2D eigenvalue weighted by Crippen LogP contribution is 2.19. The van der Waals surface area contributed by atoms with Crippen molar-refractivity contribution in [2.75, 3.05) is 18.0 Å². The molecule has 0 radical (unpaired) electrons. The van der Waals surface area contributed by atoms with Crippen molar-refractivity contribution in [3.8, 4) is 0 Å². The zero-order valence-electron chi connectivity index (χ0n) is 10.9. The second kappa shape index (κ2) is 4.80. The van der Waals surface area contributed by atoms with Gasteiger partial charge in [-0.2, -0.15) is 0 Å². The van der Waals surface area contributed by atoms with E-state index in [0.29, 0.717) is 19.0 Å². The lowest BCUT2D eigenvalue weighted by atomic mass is 10.1. The Morgan fingerprint density at radius 1 is 1.28 bits per heavy atom. The largest absolute Gasteiger partial charge is 0.465 e. The van der Waals surface area contributed by atoms with E-state index in [0.717, 1.165) is 5.56 Å². The minimum absolute atomic E-state index is 0.0591. The molecule has 98 valence electrons. The number of carbonyl (C=O) groups is 1. The van der Waals surface area contributed by atoms with E-state index in [1.54, 1.807) is 12.4 Å². The number of aryl methyl sites for hydroxylation is 1. The maximum Gasteiger partial charge on any atom is 0.407 e. The molecule has 0 unspecified atom stereocenters. The minimum Gasteiger partial charge on any atom is -0.465 e. The van der Waals surface area contributed by atoms with Crippen molar-refractivity contribution < 1.29 is 9.90 Å². The molecule has 0 aliphatic carbocycles. The lowest BCUT2D eigenvalue weighted by Gasteiger charge is -2.42. The summed E-state index contributed by atoms with van der Waals surface area (Å²) in [4.78, 5) is 23.2. The molecule has 2 atom stereocenters. The van der Waals surface area contributed by atoms with Crippen LogP contribution in [0.15, 0.2) is 12.4 Å². The predicted octanol–water partition coefficient (Wildman–Crippen LogP) is 1.36. The van der Waals surface area contributed by atoms with E-state index >= 15 is 0 Å². The molecule has 1 fully saturated rings. The van der Waals surface area contributed by atoms with Gasteiger partial charge >= 0.3 is 6.09 Å². The van der Waals surface area contributed by atoms with E-state index in [4.69, 9.17) is 5.11 Å². The summed E-state index contributed by atoms with van der Waals surface area (Å²) < 4.78 is 0. The molecule has 1 aromatic heterocycles. The third kappa shape index (κ3) is 2.37. The van der Waals surface area contributed by atoms with Crippen LogP contribution in [0.25, 0.3) is 0 Å². The van der Waals surface area contributed by atoms with Gasteiger partial charge in [0.2, 0.25) is 5.95 Å². The van der Waals surface area contributed by atoms with Crippen molar-refractivity contribution in [1.29, 1.82) is 0 Å². The number of carboxylic acid groups (broad SMARTS) is 1. The standard InChI is InChI=1S/C12H18N4O2/c1-8-4-13-11(14-5-8)15-6-9(2)16(12(17)18)10(3)7-15/h4-5,9-10H,6-7H2,1-3H3,(H,17,18)/t9-,10+. The molecule has 1 amide bonds. The van der Waals surface area contributed by atoms with Crippen LogP contribution in [0.5, 0.6) is 0 Å². The summed E-state index contributed by atoms with van der Waals surface area (Å²) in [5.41, 5.74) is 1.02. The highest BCUT2D eigenvalue weighted by molar-refractivity contribution is 5.66. The van der Waals surface area contributed by atoms with E-state index in [1.165, 1.54) is 4.90 Å². The highest BCUT2D eigenvalue weighted by atomic mass is 16.4. The van der Waals surface area contributed by atoms with Crippen LogP contribution in [-0.4, -0.2) is 51.2 Å². The molecule has 1 aliphatic rings. The van der Waals surface area contributed by atoms with Crippen molar-refractivity contribution in [3.05, 3.63) is 18.0 Å². The van der Waals surface area contributed by atoms with Gasteiger partial charge in [0.1, 0.15) is 0 Å². The SMILES string of the molecule is Cc1cnc(N2C[C@@H](C)N(C(=O)O)[C@@H](C)C2)nc1. The average Bonchev–Trinajstić information content (AvgIpc) is 2.28. The molecule has 6 heteroatoms. The first-order valence-electron chi connectivity index (χ1n) is 6.04. The summed E-state index contributed by atoms with van der Waals surface area (Å²) in [6.45, 7) is 7.01. The van der Waals surface area contributed by atoms with Crippen molar-refractivity contribution in [3.63, 3.8) is 0 Å². The van der Waals surface area contributed by atoms with Crippen molar-refractivity contribution in [1.82, 2.24) is 14.9 Å². The molecule has 0 saturated carbocycles. The van der Waals surface area contributed by atoms with Gasteiger partial charge in [0.25, 0.3) is 0 Å². The van der Waals surface area contributed by atoms with Crippen molar-refractivity contribution in [2.24, 2.45) is 0 Å². The number of piperazine rings is 1. The van der Waals surface area contributed by atoms with E-state index in [1.807, 2.05) is 25.7 Å². The maximum absolute atomic E-state index is 11.1. The summed E-state index contributed by atoms with van der Waals surface area (Å²) in [5, 5.41) is 9.15. The normalized spacial score (nSPS) is 24.2. The van der Waals surface area contributed by atoms with Gasteiger partial charge in [-0.3, -0.25) is 4.90 Å². The first-order valence-corrected chi connectivity index (χ1v) is 6.04. The monoisotopic (exact) mass is 250 g/mol. The minimum atomic E-state index is -0.862. The molecule has 0 spiro atoms. The fourth-order valence-corrected chi connectivity index (χ4v) is 2.41. The Hall–Kier alpha value is -1.85. The van der Waals surface area contributed by atoms with Crippen LogP contribution in [0.1, 0.15) is 19.4 Å². The lowest BCUT2D eigenvalue weighted by Crippen LogP contribution is -2.58. The number of anilines is 1. The zero-order chi connectivity index (χ0) is 13.3. The van der Waals surface area contributed by atoms with Crippen LogP contribution in [0, 0.1) is 6.92 Å². The molecular formula is C12H18N4O2. The third-order valence-corrected chi connectivity index (χ3v) is 3.19. The molecule has 0 aromatic carbocycles. The Morgan fingerprint density at radius 2 is 1.78 bits per heavy atom. The molecule has 1 aliphatic heterocycles. The second-order valence-corrected chi connectivity index (χ2v) is 4.85. The Morgan fingerprint density at radius 3 is 2.22 bits per heavy atom. The molecule has 18 heavy (non-hydrogen) atoms. The summed E-state index contributed by atoms with van der Waals surface area (Å²) in [6, 6.07) is -0.118. The van der Waals surface area contributed by atoms with Crippen LogP contribution in [0.3, 0.4) is 0 Å². The number of rotatable bonds is 1. The first-order chi connectivity index (χ1) is 8.49. The third-order valence-electron chi connectivity index (χ3n) is 3.19. The molecular weight excluding hydrogens is 232 g/mol. The van der Waals surface area contributed by atoms with Crippen LogP contribution in [0.4, 0.5) is 10.7 Å². The number of amides is 1. The molecule has 2 rings (SSSR count). The molecule has 1 saturated heterocycles. The number of hydrogen-bond acceptors (Lipinski definition) is 4. The van der Waals surface area contributed by atoms with Crippen LogP contribution >= 0.6 is 0 Å². The topological polar surface area (TPSA) is 69.6 Å². The maximum atomic E-state index is 11.1. The van der Waals surface area contributed by atoms with Gasteiger partial charge in [0, 0.05) is 25.5 Å². The number of hydrogen-bond donors (Lipinski definition) is 1. The Balaban J connectivity index is 2.15. The van der Waals surface area contributed by atoms with E-state index in [2.05, 4.69) is 9.97 Å². The molecule has 0 bridgehead atoms. The first kappa shape index (κ1) is 12.6. The Labute approximate surface area is 106 Å². The van der Waals surface area contributed by atoms with Crippen LogP contribution in [0.2, 0.25) is 0 Å². The van der Waals surface area contributed by atoms with Crippen LogP contribution in [-0.2, 0) is 0 Å². The zero-order valence-corrected chi connectivity index (χ0v) is 10.9. The van der Waals surface area contributed by atoms with Crippen molar-refractivity contribution in [2.45, 2.75) is 32.9 Å². The molecule has 2 heterocycles. The van der Waals surface area contributed by atoms with Gasteiger partial charge in [-0.25, -0.2) is 14.8 Å². The molecule has 1 N–H and O–H groups in total. The fourth-order valence-electron chi connectivity index (χ4n) is 2.41. The van der Waals surface area contributed by atoms with E-state index in [-0.39, 0.29) is 12.1 Å². The van der Waals surface area contributed by atoms with Gasteiger partial charge < -0.3 is 10.0 Å². The predicted molar refractivity (Wildman–Crippen MR) is 67.8 cm³/mol. The fraction of sp³-hybridized carbons (Fsp3) is 0.583. The highest BCUT2D eigenvalue weighted by Gasteiger charge is 2.33. The van der Waals surface area contributed by atoms with Gasteiger partial charge in [0.05, 0.1) is 12.1 Å². The Bertz CT molecular complexity index is 422. The van der Waals surface area contributed by atoms with E-state index < -0.39 is 6.09 Å². The summed E-state index contributed by atoms with van der Waals surface area (Å²) >= 11 is 0. The molecule has 1 aromatic rings. The second-order valence-electron chi connectivity index (χ2n) is 4.85. The quantitative estimate of drug-likeness (QED) is 0.815. The number of aromatic nitrogens is 2. The van der Waals surface area contributed by atoms with Gasteiger partial charge in [-0.1, -0.05) is 0 Å². The Kier molecular flexibility index (Phi) is 3.36. The van der Waals surface area contributed by atoms with E-state index in [9.17, 15) is 4.79 Å². The number of nitrogens with zero attached hydrogens (tertiary/aromatic N) is 4. The summed E-state index contributed by atoms with van der Waals surface area (Å²) in [7, 11) is 0. The smallest absolute Gasteiger partial charge is 0.407 e. The summed E-state index contributed by atoms with van der Waals surface area (Å²) in [5.74, 6) is 0.671. The van der Waals surface area contributed by atoms with Crippen LogP contribution < -0.4 is 4.90 Å².